The predicted molar refractivity (Wildman–Crippen MR) is 123 cm³/mol. The maximum atomic E-state index is 12.6. The number of rotatable bonds is 6. The number of amides is 1. The molecule has 3 heterocycles. The molecule has 0 radical (unpaired) electrons. The zero-order chi connectivity index (χ0) is 22.6. The van der Waals surface area contributed by atoms with Crippen LogP contribution in [0.4, 0.5) is 0 Å². The number of imidazole rings is 1. The summed E-state index contributed by atoms with van der Waals surface area (Å²) in [6.07, 6.45) is 4.78. The van der Waals surface area contributed by atoms with Gasteiger partial charge in [-0.3, -0.25) is 9.36 Å². The summed E-state index contributed by atoms with van der Waals surface area (Å²) >= 11 is 5.90. The van der Waals surface area contributed by atoms with Gasteiger partial charge in [0.2, 0.25) is 5.82 Å². The Morgan fingerprint density at radius 2 is 1.82 bits per heavy atom. The molecule has 5 rings (SSSR count). The van der Waals surface area contributed by atoms with E-state index in [0.717, 1.165) is 11.1 Å². The lowest BCUT2D eigenvalue weighted by Crippen LogP contribution is -2.23. The molecular formula is C24H17ClN6O2. The number of nitrogens with zero attached hydrogens (tertiary/aromatic N) is 5. The van der Waals surface area contributed by atoms with Gasteiger partial charge in [0.25, 0.3) is 11.8 Å². The number of pyridine rings is 1. The first kappa shape index (κ1) is 20.6. The lowest BCUT2D eigenvalue weighted by atomic mass is 10.2. The minimum atomic E-state index is -0.301. The maximum absolute atomic E-state index is 12.6. The predicted octanol–water partition coefficient (Wildman–Crippen LogP) is 4.57. The van der Waals surface area contributed by atoms with Crippen LogP contribution in [0, 0.1) is 0 Å². The van der Waals surface area contributed by atoms with Gasteiger partial charge in [0.05, 0.1) is 5.56 Å². The second kappa shape index (κ2) is 9.05. The molecule has 0 bridgehead atoms. The van der Waals surface area contributed by atoms with Crippen LogP contribution in [-0.2, 0) is 6.54 Å². The average Bonchev–Trinajstić information content (AvgIpc) is 3.55. The molecule has 3 aromatic heterocycles. The fourth-order valence-electron chi connectivity index (χ4n) is 3.24. The second-order valence-electron chi connectivity index (χ2n) is 7.14. The summed E-state index contributed by atoms with van der Waals surface area (Å²) in [5.41, 5.74) is 2.67. The van der Waals surface area contributed by atoms with Crippen LogP contribution in [0.2, 0.25) is 5.02 Å². The number of halogens is 1. The van der Waals surface area contributed by atoms with Gasteiger partial charge in [-0.2, -0.15) is 4.98 Å². The summed E-state index contributed by atoms with van der Waals surface area (Å²) < 4.78 is 7.15. The SMILES string of the molecule is O=C(NCc1ccc(Cl)cc1)c1cn(-c2ncccc2-c2nc(-c3ccccc3)no2)cn1. The van der Waals surface area contributed by atoms with Crippen LogP contribution in [0.25, 0.3) is 28.7 Å². The lowest BCUT2D eigenvalue weighted by molar-refractivity contribution is 0.0946. The van der Waals surface area contributed by atoms with E-state index in [4.69, 9.17) is 16.1 Å². The Kier molecular flexibility index (Phi) is 5.65. The standard InChI is InChI=1S/C24H17ClN6O2/c25-18-10-8-16(9-11-18)13-27-23(32)20-14-31(15-28-20)22-19(7-4-12-26-22)24-29-21(30-33-24)17-5-2-1-3-6-17/h1-12,14-15H,13H2,(H,27,32). The zero-order valence-corrected chi connectivity index (χ0v) is 18.0. The third-order valence-corrected chi connectivity index (χ3v) is 5.15. The Labute approximate surface area is 193 Å². The summed E-state index contributed by atoms with van der Waals surface area (Å²) in [6.45, 7) is 0.363. The van der Waals surface area contributed by atoms with E-state index in [1.165, 1.54) is 6.33 Å². The molecule has 33 heavy (non-hydrogen) atoms. The van der Waals surface area contributed by atoms with Gasteiger partial charge >= 0.3 is 0 Å². The molecule has 0 atom stereocenters. The van der Waals surface area contributed by atoms with E-state index in [9.17, 15) is 4.79 Å². The van der Waals surface area contributed by atoms with Crippen molar-refractivity contribution in [1.82, 2.24) is 30.0 Å². The molecule has 1 amide bonds. The monoisotopic (exact) mass is 456 g/mol. The normalized spacial score (nSPS) is 10.8. The van der Waals surface area contributed by atoms with Gasteiger partial charge in [-0.05, 0) is 29.8 Å². The number of hydrogen-bond acceptors (Lipinski definition) is 6. The summed E-state index contributed by atoms with van der Waals surface area (Å²) in [7, 11) is 0. The third kappa shape index (κ3) is 4.51. The highest BCUT2D eigenvalue weighted by molar-refractivity contribution is 6.30. The van der Waals surface area contributed by atoms with Gasteiger partial charge in [0.15, 0.2) is 5.82 Å². The molecule has 0 spiro atoms. The van der Waals surface area contributed by atoms with E-state index in [2.05, 4.69) is 25.4 Å². The molecule has 0 aliphatic rings. The number of hydrogen-bond donors (Lipinski definition) is 1. The molecule has 162 valence electrons. The van der Waals surface area contributed by atoms with Gasteiger partial charge in [0, 0.05) is 29.5 Å². The summed E-state index contributed by atoms with van der Waals surface area (Å²) in [5.74, 6) is 1.02. The highest BCUT2D eigenvalue weighted by Gasteiger charge is 2.18. The molecular weight excluding hydrogens is 440 g/mol. The van der Waals surface area contributed by atoms with Crippen LogP contribution in [0.15, 0.2) is 90.0 Å². The molecule has 2 aromatic carbocycles. The number of carbonyl (C=O) groups is 1. The average molecular weight is 457 g/mol. The van der Waals surface area contributed by atoms with Crippen molar-refractivity contribution in [2.24, 2.45) is 0 Å². The van der Waals surface area contributed by atoms with Gasteiger partial charge in [-0.15, -0.1) is 0 Å². The summed E-state index contributed by atoms with van der Waals surface area (Å²) in [5, 5.41) is 7.57. The van der Waals surface area contributed by atoms with Crippen molar-refractivity contribution >= 4 is 17.5 Å². The number of nitrogens with one attached hydrogen (secondary N) is 1. The molecule has 1 N–H and O–H groups in total. The van der Waals surface area contributed by atoms with Crippen LogP contribution >= 0.6 is 11.6 Å². The van der Waals surface area contributed by atoms with Crippen molar-refractivity contribution in [3.8, 4) is 28.7 Å². The summed E-state index contributed by atoms with van der Waals surface area (Å²) in [4.78, 5) is 25.7. The van der Waals surface area contributed by atoms with Crippen LogP contribution in [-0.4, -0.2) is 30.6 Å². The lowest BCUT2D eigenvalue weighted by Gasteiger charge is -2.05. The fourth-order valence-corrected chi connectivity index (χ4v) is 3.36. The molecule has 0 aliphatic heterocycles. The number of aromatic nitrogens is 5. The van der Waals surface area contributed by atoms with E-state index in [0.29, 0.717) is 34.7 Å². The van der Waals surface area contributed by atoms with Crippen molar-refractivity contribution in [2.75, 3.05) is 0 Å². The first-order chi connectivity index (χ1) is 16.2. The molecule has 8 nitrogen and oxygen atoms in total. The fraction of sp³-hybridized carbons (Fsp3) is 0.0417. The van der Waals surface area contributed by atoms with E-state index in [1.807, 2.05) is 48.5 Å². The van der Waals surface area contributed by atoms with Crippen molar-refractivity contribution in [1.29, 1.82) is 0 Å². The minimum Gasteiger partial charge on any atom is -0.347 e. The Bertz CT molecular complexity index is 1400. The minimum absolute atomic E-state index is 0.260. The smallest absolute Gasteiger partial charge is 0.271 e. The van der Waals surface area contributed by atoms with Gasteiger partial charge in [-0.25, -0.2) is 9.97 Å². The molecule has 0 saturated heterocycles. The third-order valence-electron chi connectivity index (χ3n) is 4.90. The summed E-state index contributed by atoms with van der Waals surface area (Å²) in [6, 6.07) is 20.4. The molecule has 5 aromatic rings. The van der Waals surface area contributed by atoms with E-state index in [1.54, 1.807) is 35.2 Å². The first-order valence-corrected chi connectivity index (χ1v) is 10.5. The van der Waals surface area contributed by atoms with E-state index in [-0.39, 0.29) is 11.6 Å². The molecule has 0 saturated carbocycles. The molecule has 9 heteroatoms. The second-order valence-corrected chi connectivity index (χ2v) is 7.58. The highest BCUT2D eigenvalue weighted by atomic mass is 35.5. The topological polar surface area (TPSA) is 98.7 Å². The van der Waals surface area contributed by atoms with Gasteiger partial charge < -0.3 is 9.84 Å². The number of benzene rings is 2. The highest BCUT2D eigenvalue weighted by Crippen LogP contribution is 2.26. The zero-order valence-electron chi connectivity index (χ0n) is 17.2. The first-order valence-electron chi connectivity index (χ1n) is 10.1. The largest absolute Gasteiger partial charge is 0.347 e. The van der Waals surface area contributed by atoms with Gasteiger partial charge in [-0.1, -0.05) is 59.2 Å². The van der Waals surface area contributed by atoms with E-state index < -0.39 is 0 Å². The van der Waals surface area contributed by atoms with Crippen LogP contribution < -0.4 is 5.32 Å². The maximum Gasteiger partial charge on any atom is 0.271 e. The van der Waals surface area contributed by atoms with Crippen molar-refractivity contribution in [3.05, 3.63) is 102 Å². The van der Waals surface area contributed by atoms with Crippen molar-refractivity contribution in [2.45, 2.75) is 6.54 Å². The quantitative estimate of drug-likeness (QED) is 0.402. The Morgan fingerprint density at radius 3 is 2.64 bits per heavy atom. The van der Waals surface area contributed by atoms with Crippen LogP contribution in [0.5, 0.6) is 0 Å². The number of carbonyl (C=O) groups excluding carboxylic acids is 1. The van der Waals surface area contributed by atoms with Crippen LogP contribution in [0.3, 0.4) is 0 Å². The van der Waals surface area contributed by atoms with Crippen LogP contribution in [0.1, 0.15) is 16.1 Å². The molecule has 0 unspecified atom stereocenters. The molecule has 0 aliphatic carbocycles. The van der Waals surface area contributed by atoms with Gasteiger partial charge in [0.1, 0.15) is 12.0 Å². The van der Waals surface area contributed by atoms with Crippen molar-refractivity contribution in [3.63, 3.8) is 0 Å². The Hall–Kier alpha value is -4.30. The van der Waals surface area contributed by atoms with Crippen molar-refractivity contribution < 1.29 is 9.32 Å². The Morgan fingerprint density at radius 1 is 1.00 bits per heavy atom. The molecule has 0 fully saturated rings. The Balaban J connectivity index is 1.36. The van der Waals surface area contributed by atoms with E-state index >= 15 is 0 Å².